The normalized spacial score (nSPS) is 13.9. The zero-order valence-electron chi connectivity index (χ0n) is 8.33. The molecule has 0 spiro atoms. The van der Waals surface area contributed by atoms with Gasteiger partial charge >= 0.3 is 5.97 Å². The number of hydrogen-bond donors (Lipinski definition) is 2. The lowest BCUT2D eigenvalue weighted by Gasteiger charge is -2.15. The molecule has 1 aliphatic rings. The van der Waals surface area contributed by atoms with Crippen molar-refractivity contribution in [1.29, 1.82) is 0 Å². The van der Waals surface area contributed by atoms with Crippen molar-refractivity contribution in [3.63, 3.8) is 0 Å². The van der Waals surface area contributed by atoms with Gasteiger partial charge in [0.15, 0.2) is 5.69 Å². The van der Waals surface area contributed by atoms with Gasteiger partial charge in [0.05, 0.1) is 13.7 Å². The highest BCUT2D eigenvalue weighted by atomic mass is 16.5. The number of rotatable bonds is 1. The van der Waals surface area contributed by atoms with Crippen LogP contribution in [0.5, 0.6) is 0 Å². The summed E-state index contributed by atoms with van der Waals surface area (Å²) in [5.41, 5.74) is 0.483. The van der Waals surface area contributed by atoms with Crippen molar-refractivity contribution < 1.29 is 14.3 Å². The summed E-state index contributed by atoms with van der Waals surface area (Å²) in [7, 11) is 2.94. The summed E-state index contributed by atoms with van der Waals surface area (Å²) in [5, 5.41) is 9.40. The molecule has 2 rings (SSSR count). The van der Waals surface area contributed by atoms with Gasteiger partial charge in [0.2, 0.25) is 5.91 Å². The molecule has 7 heteroatoms. The number of anilines is 2. The molecule has 2 N–H and O–H groups in total. The number of fused-ring (bicyclic) bond motifs is 1. The van der Waals surface area contributed by atoms with Gasteiger partial charge in [-0.05, 0) is 0 Å². The molecule has 1 amide bonds. The molecule has 1 aliphatic heterocycles. The molecule has 0 atom stereocenters. The minimum atomic E-state index is -0.573. The lowest BCUT2D eigenvalue weighted by atomic mass is 10.3. The monoisotopic (exact) mass is 210 g/mol. The number of methoxy groups -OCH3 is 1. The van der Waals surface area contributed by atoms with Gasteiger partial charge in [-0.15, -0.1) is 0 Å². The lowest BCUT2D eigenvalue weighted by molar-refractivity contribution is -0.114. The van der Waals surface area contributed by atoms with Gasteiger partial charge in [0, 0.05) is 7.05 Å². The number of aromatic nitrogens is 2. The number of esters is 1. The Kier molecular flexibility index (Phi) is 2.07. The van der Waals surface area contributed by atoms with Crippen molar-refractivity contribution >= 4 is 23.4 Å². The van der Waals surface area contributed by atoms with E-state index < -0.39 is 5.97 Å². The largest absolute Gasteiger partial charge is 0.464 e. The summed E-state index contributed by atoms with van der Waals surface area (Å²) in [6.07, 6.45) is 0. The Hall–Kier alpha value is -2.05. The predicted octanol–water partition coefficient (Wildman–Crippen LogP) is -0.429. The Labute approximate surface area is 85.4 Å². The molecule has 7 nitrogen and oxygen atoms in total. The minimum absolute atomic E-state index is 0.107. The Morgan fingerprint density at radius 1 is 1.60 bits per heavy atom. The predicted molar refractivity (Wildman–Crippen MR) is 51.7 cm³/mol. The first-order chi connectivity index (χ1) is 7.13. The van der Waals surface area contributed by atoms with Crippen LogP contribution in [0.1, 0.15) is 10.5 Å². The maximum atomic E-state index is 11.3. The SMILES string of the molecule is COC(=O)c1nn(C)c2c1NC(=O)CN2. The number of nitrogens with zero attached hydrogens (tertiary/aromatic N) is 2. The van der Waals surface area contributed by atoms with Crippen molar-refractivity contribution in [3.05, 3.63) is 5.69 Å². The Morgan fingerprint density at radius 3 is 3.00 bits per heavy atom. The zero-order chi connectivity index (χ0) is 11.0. The summed E-state index contributed by atoms with van der Waals surface area (Å²) in [6, 6.07) is 0. The molecular weight excluding hydrogens is 200 g/mol. The highest BCUT2D eigenvalue weighted by molar-refractivity contribution is 6.06. The molecular formula is C8H10N4O3. The van der Waals surface area contributed by atoms with Crippen LogP contribution in [0, 0.1) is 0 Å². The van der Waals surface area contributed by atoms with Gasteiger partial charge in [0.1, 0.15) is 11.5 Å². The van der Waals surface area contributed by atoms with Crippen LogP contribution in [0.3, 0.4) is 0 Å². The molecule has 80 valence electrons. The highest BCUT2D eigenvalue weighted by Crippen LogP contribution is 2.28. The van der Waals surface area contributed by atoms with Gasteiger partial charge in [-0.3, -0.25) is 9.48 Å². The molecule has 2 heterocycles. The molecule has 0 radical (unpaired) electrons. The molecule has 1 aromatic heterocycles. The first-order valence-corrected chi connectivity index (χ1v) is 4.32. The zero-order valence-corrected chi connectivity index (χ0v) is 8.33. The first kappa shape index (κ1) is 9.50. The third-order valence-electron chi connectivity index (χ3n) is 2.11. The molecule has 0 saturated heterocycles. The van der Waals surface area contributed by atoms with Gasteiger partial charge in [-0.25, -0.2) is 4.79 Å². The number of hydrogen-bond acceptors (Lipinski definition) is 5. The van der Waals surface area contributed by atoms with Gasteiger partial charge in [-0.2, -0.15) is 5.10 Å². The topological polar surface area (TPSA) is 85.2 Å². The van der Waals surface area contributed by atoms with Gasteiger partial charge < -0.3 is 15.4 Å². The van der Waals surface area contributed by atoms with Crippen molar-refractivity contribution in [1.82, 2.24) is 9.78 Å². The van der Waals surface area contributed by atoms with E-state index in [0.29, 0.717) is 11.5 Å². The van der Waals surface area contributed by atoms with Gasteiger partial charge in [0.25, 0.3) is 0 Å². The number of ether oxygens (including phenoxy) is 1. The van der Waals surface area contributed by atoms with Crippen LogP contribution < -0.4 is 10.6 Å². The van der Waals surface area contributed by atoms with Gasteiger partial charge in [-0.1, -0.05) is 0 Å². The molecule has 0 saturated carbocycles. The number of aryl methyl sites for hydroxylation is 1. The maximum Gasteiger partial charge on any atom is 0.360 e. The second-order valence-corrected chi connectivity index (χ2v) is 3.09. The Balaban J connectivity index is 2.49. The highest BCUT2D eigenvalue weighted by Gasteiger charge is 2.27. The third kappa shape index (κ3) is 1.41. The smallest absolute Gasteiger partial charge is 0.360 e. The van der Waals surface area contributed by atoms with Crippen LogP contribution in [0.15, 0.2) is 0 Å². The number of carbonyl (C=O) groups is 2. The van der Waals surface area contributed by atoms with E-state index in [0.717, 1.165) is 0 Å². The van der Waals surface area contributed by atoms with Crippen molar-refractivity contribution in [2.24, 2.45) is 7.05 Å². The fourth-order valence-corrected chi connectivity index (χ4v) is 1.43. The standard InChI is InChI=1S/C8H10N4O3/c1-12-7-5(10-4(13)3-9-7)6(11-12)8(14)15-2/h9H,3H2,1-2H3,(H,10,13). The van der Waals surface area contributed by atoms with E-state index in [2.05, 4.69) is 20.5 Å². The third-order valence-corrected chi connectivity index (χ3v) is 2.11. The molecule has 1 aromatic rings. The molecule has 0 aromatic carbocycles. The van der Waals surface area contributed by atoms with E-state index in [-0.39, 0.29) is 18.1 Å². The van der Waals surface area contributed by atoms with Crippen LogP contribution in [-0.2, 0) is 16.6 Å². The minimum Gasteiger partial charge on any atom is -0.464 e. The Morgan fingerprint density at radius 2 is 2.33 bits per heavy atom. The van der Waals surface area contributed by atoms with Crippen LogP contribution in [0.4, 0.5) is 11.5 Å². The van der Waals surface area contributed by atoms with Crippen molar-refractivity contribution in [2.75, 3.05) is 24.3 Å². The Bertz CT molecular complexity index is 437. The molecule has 0 bridgehead atoms. The molecule has 0 aliphatic carbocycles. The summed E-state index contributed by atoms with van der Waals surface area (Å²) in [4.78, 5) is 22.5. The van der Waals surface area contributed by atoms with Crippen LogP contribution >= 0.6 is 0 Å². The summed E-state index contributed by atoms with van der Waals surface area (Å²) < 4.78 is 6.04. The van der Waals surface area contributed by atoms with Crippen molar-refractivity contribution in [3.8, 4) is 0 Å². The quantitative estimate of drug-likeness (QED) is 0.614. The second-order valence-electron chi connectivity index (χ2n) is 3.09. The molecule has 0 unspecified atom stereocenters. The number of nitrogens with one attached hydrogen (secondary N) is 2. The van der Waals surface area contributed by atoms with E-state index >= 15 is 0 Å². The van der Waals surface area contributed by atoms with Crippen molar-refractivity contribution in [2.45, 2.75) is 0 Å². The fraction of sp³-hybridized carbons (Fsp3) is 0.375. The van der Waals surface area contributed by atoms with Crippen LogP contribution in [-0.4, -0.2) is 35.3 Å². The van der Waals surface area contributed by atoms with E-state index in [9.17, 15) is 9.59 Å². The van der Waals surface area contributed by atoms with Crippen LogP contribution in [0.2, 0.25) is 0 Å². The summed E-state index contributed by atoms with van der Waals surface area (Å²) >= 11 is 0. The average molecular weight is 210 g/mol. The fourth-order valence-electron chi connectivity index (χ4n) is 1.43. The van der Waals surface area contributed by atoms with Crippen LogP contribution in [0.25, 0.3) is 0 Å². The number of amides is 1. The molecule has 0 fully saturated rings. The maximum absolute atomic E-state index is 11.3. The van der Waals surface area contributed by atoms with E-state index in [1.807, 2.05) is 0 Å². The summed E-state index contributed by atoms with van der Waals surface area (Å²) in [5.74, 6) is -0.175. The average Bonchev–Trinajstić information content (AvgIpc) is 2.54. The molecule has 15 heavy (non-hydrogen) atoms. The summed E-state index contributed by atoms with van der Waals surface area (Å²) in [6.45, 7) is 0.174. The number of carbonyl (C=O) groups excluding carboxylic acids is 2. The first-order valence-electron chi connectivity index (χ1n) is 4.32. The van der Waals surface area contributed by atoms with E-state index in [1.165, 1.54) is 11.8 Å². The second kappa shape index (κ2) is 3.26. The van der Waals surface area contributed by atoms with E-state index in [4.69, 9.17) is 0 Å². The van der Waals surface area contributed by atoms with E-state index in [1.54, 1.807) is 7.05 Å². The lowest BCUT2D eigenvalue weighted by Crippen LogP contribution is -2.28.